The highest BCUT2D eigenvalue weighted by Crippen LogP contribution is 2.61. The lowest BCUT2D eigenvalue weighted by atomic mass is 9.94. The molecule has 5 atom stereocenters. The van der Waals surface area contributed by atoms with Crippen LogP contribution in [0.3, 0.4) is 0 Å². The Balaban J connectivity index is 1.32. The van der Waals surface area contributed by atoms with Crippen molar-refractivity contribution in [3.63, 3.8) is 0 Å². The minimum absolute atomic E-state index is 0.125. The first-order valence-corrected chi connectivity index (χ1v) is 12.3. The monoisotopic (exact) mass is 507 g/mol. The molecule has 1 saturated carbocycles. The minimum Gasteiger partial charge on any atom is -0.488 e. The number of aryl methyl sites for hydroxylation is 1. The Morgan fingerprint density at radius 2 is 2.00 bits per heavy atom. The number of β-amino-alcohol motifs (C(OH)–C–C–N with tert-alkyl or cyclic N) is 1. The average Bonchev–Trinajstić information content (AvgIpc) is 3.35. The van der Waals surface area contributed by atoms with Crippen molar-refractivity contribution >= 4 is 29.2 Å². The van der Waals surface area contributed by atoms with Crippen LogP contribution in [-0.4, -0.2) is 47.1 Å². The van der Waals surface area contributed by atoms with Crippen LogP contribution < -0.4 is 10.1 Å². The quantitative estimate of drug-likeness (QED) is 0.423. The number of carboxylic acids is 1. The van der Waals surface area contributed by atoms with Crippen LogP contribution >= 0.6 is 23.2 Å². The van der Waals surface area contributed by atoms with E-state index in [0.29, 0.717) is 23.0 Å². The van der Waals surface area contributed by atoms with E-state index >= 15 is 0 Å². The molecule has 8 heteroatoms. The van der Waals surface area contributed by atoms with Crippen LogP contribution in [0, 0.1) is 12.8 Å². The number of aliphatic hydroxyl groups is 1. The third kappa shape index (κ3) is 5.21. The standard InChI is InChI=1S/C26H31Cl2NO5/c1-13-5-8-18(20-21-22(25(31)32)24(21)34-23(13)20)14(2)33-12-17(30)11-29-26(3,4)10-15-6-7-16(27)9-19(15)28/h5-9,14,17,21-22,24,29-30H,10-12H2,1-4H3,(H,31,32)/t14-,17?,21-,22-,24-/m1/s1. The molecule has 1 heterocycles. The van der Waals surface area contributed by atoms with Gasteiger partial charge in [0.2, 0.25) is 0 Å². The summed E-state index contributed by atoms with van der Waals surface area (Å²) in [6.45, 7) is 8.48. The van der Waals surface area contributed by atoms with Gasteiger partial charge < -0.3 is 25.0 Å². The number of carbonyl (C=O) groups is 1. The van der Waals surface area contributed by atoms with Gasteiger partial charge in [-0.15, -0.1) is 0 Å². The van der Waals surface area contributed by atoms with Gasteiger partial charge in [0, 0.05) is 33.6 Å². The summed E-state index contributed by atoms with van der Waals surface area (Å²) in [5.74, 6) is -0.664. The average molecular weight is 508 g/mol. The Morgan fingerprint density at radius 1 is 1.26 bits per heavy atom. The zero-order valence-electron chi connectivity index (χ0n) is 19.8. The van der Waals surface area contributed by atoms with Crippen molar-refractivity contribution in [2.45, 2.75) is 63.9 Å². The highest BCUT2D eigenvalue weighted by molar-refractivity contribution is 6.35. The molecule has 0 saturated heterocycles. The van der Waals surface area contributed by atoms with Crippen molar-refractivity contribution < 1.29 is 24.5 Å². The fourth-order valence-electron chi connectivity index (χ4n) is 4.78. The molecular formula is C26H31Cl2NO5. The van der Waals surface area contributed by atoms with Crippen LogP contribution in [0.25, 0.3) is 0 Å². The van der Waals surface area contributed by atoms with Gasteiger partial charge in [-0.2, -0.15) is 0 Å². The third-order valence-electron chi connectivity index (χ3n) is 6.69. The molecule has 1 unspecified atom stereocenters. The lowest BCUT2D eigenvalue weighted by Crippen LogP contribution is -2.46. The number of hydrogen-bond acceptors (Lipinski definition) is 5. The first kappa shape index (κ1) is 25.3. The van der Waals surface area contributed by atoms with E-state index in [1.807, 2.05) is 38.1 Å². The predicted molar refractivity (Wildman–Crippen MR) is 132 cm³/mol. The lowest BCUT2D eigenvalue weighted by molar-refractivity contribution is -0.139. The molecule has 4 rings (SSSR count). The number of halogens is 2. The van der Waals surface area contributed by atoms with E-state index < -0.39 is 18.0 Å². The summed E-state index contributed by atoms with van der Waals surface area (Å²) in [5, 5.41) is 24.6. The first-order chi connectivity index (χ1) is 16.0. The molecule has 184 valence electrons. The molecule has 0 aromatic heterocycles. The summed E-state index contributed by atoms with van der Waals surface area (Å²) in [7, 11) is 0. The molecule has 6 nitrogen and oxygen atoms in total. The number of hydrogen-bond donors (Lipinski definition) is 3. The molecule has 3 N–H and O–H groups in total. The van der Waals surface area contributed by atoms with Crippen LogP contribution in [0.15, 0.2) is 30.3 Å². The maximum absolute atomic E-state index is 11.5. The van der Waals surface area contributed by atoms with Gasteiger partial charge in [-0.05, 0) is 62.9 Å². The molecule has 2 aromatic rings. The zero-order chi connectivity index (χ0) is 24.8. The topological polar surface area (TPSA) is 88.0 Å². The molecule has 1 aliphatic heterocycles. The molecule has 2 aliphatic rings. The number of ether oxygens (including phenoxy) is 2. The summed E-state index contributed by atoms with van der Waals surface area (Å²) in [4.78, 5) is 11.5. The van der Waals surface area contributed by atoms with E-state index in [-0.39, 0.29) is 30.3 Å². The van der Waals surface area contributed by atoms with Crippen LogP contribution in [0.2, 0.25) is 10.0 Å². The Labute approximate surface area is 210 Å². The Kier molecular flexibility index (Phi) is 7.19. The van der Waals surface area contributed by atoms with Gasteiger partial charge >= 0.3 is 5.97 Å². The van der Waals surface area contributed by atoms with E-state index in [0.717, 1.165) is 28.0 Å². The molecule has 34 heavy (non-hydrogen) atoms. The van der Waals surface area contributed by atoms with Crippen LogP contribution in [0.1, 0.15) is 55.0 Å². The zero-order valence-corrected chi connectivity index (χ0v) is 21.3. The summed E-state index contributed by atoms with van der Waals surface area (Å²) < 4.78 is 11.9. The fraction of sp³-hybridized carbons (Fsp3) is 0.500. The molecule has 1 aliphatic carbocycles. The summed E-state index contributed by atoms with van der Waals surface area (Å²) in [6, 6.07) is 9.41. The Morgan fingerprint density at radius 3 is 2.68 bits per heavy atom. The van der Waals surface area contributed by atoms with Gasteiger partial charge in [0.1, 0.15) is 17.8 Å². The molecule has 0 radical (unpaired) electrons. The summed E-state index contributed by atoms with van der Waals surface area (Å²) >= 11 is 12.3. The molecule has 1 fully saturated rings. The van der Waals surface area contributed by atoms with Crippen molar-refractivity contribution in [2.24, 2.45) is 5.92 Å². The van der Waals surface area contributed by atoms with Gasteiger partial charge in [-0.1, -0.05) is 41.4 Å². The van der Waals surface area contributed by atoms with Gasteiger partial charge in [0.15, 0.2) is 0 Å². The van der Waals surface area contributed by atoms with E-state index in [2.05, 4.69) is 19.2 Å². The Bertz CT molecular complexity index is 1090. The van der Waals surface area contributed by atoms with E-state index in [1.54, 1.807) is 6.07 Å². The summed E-state index contributed by atoms with van der Waals surface area (Å²) in [6.07, 6.45) is -0.624. The van der Waals surface area contributed by atoms with Crippen molar-refractivity contribution in [2.75, 3.05) is 13.2 Å². The maximum atomic E-state index is 11.5. The van der Waals surface area contributed by atoms with Crippen molar-refractivity contribution in [1.82, 2.24) is 5.32 Å². The molecule has 0 spiro atoms. The normalized spacial score (nSPS) is 22.5. The second kappa shape index (κ2) is 9.67. The summed E-state index contributed by atoms with van der Waals surface area (Å²) in [5.41, 5.74) is 3.55. The molecule has 0 bridgehead atoms. The van der Waals surface area contributed by atoms with Crippen LogP contribution in [-0.2, 0) is 16.0 Å². The van der Waals surface area contributed by atoms with Gasteiger partial charge in [-0.3, -0.25) is 4.79 Å². The number of rotatable bonds is 10. The highest BCUT2D eigenvalue weighted by Gasteiger charge is 2.64. The van der Waals surface area contributed by atoms with E-state index in [4.69, 9.17) is 32.7 Å². The van der Waals surface area contributed by atoms with Crippen molar-refractivity contribution in [3.05, 3.63) is 62.6 Å². The lowest BCUT2D eigenvalue weighted by Gasteiger charge is -2.29. The third-order valence-corrected chi connectivity index (χ3v) is 7.28. The number of nitrogens with one attached hydrogen (secondary N) is 1. The molecule has 2 aromatic carbocycles. The van der Waals surface area contributed by atoms with E-state index in [1.165, 1.54) is 0 Å². The highest BCUT2D eigenvalue weighted by atomic mass is 35.5. The number of benzene rings is 2. The second-order valence-electron chi connectivity index (χ2n) is 9.99. The Hall–Kier alpha value is -1.83. The first-order valence-electron chi connectivity index (χ1n) is 11.5. The number of carboxylic acid groups (broad SMARTS) is 1. The predicted octanol–water partition coefficient (Wildman–Crippen LogP) is 4.91. The van der Waals surface area contributed by atoms with Crippen LogP contribution in [0.5, 0.6) is 5.75 Å². The smallest absolute Gasteiger partial charge is 0.311 e. The van der Waals surface area contributed by atoms with E-state index in [9.17, 15) is 15.0 Å². The SMILES string of the molecule is Cc1ccc([C@@H](C)OCC(O)CNC(C)(C)Cc2ccc(Cl)cc2Cl)c2c1O[C@H]1[C@H](C(=O)O)[C@@H]21. The largest absolute Gasteiger partial charge is 0.488 e. The van der Waals surface area contributed by atoms with Gasteiger partial charge in [-0.25, -0.2) is 0 Å². The van der Waals surface area contributed by atoms with Gasteiger partial charge in [0.05, 0.1) is 18.8 Å². The molecular weight excluding hydrogens is 477 g/mol. The van der Waals surface area contributed by atoms with Crippen molar-refractivity contribution in [1.29, 1.82) is 0 Å². The number of aliphatic carboxylic acids is 1. The number of fused-ring (bicyclic) bond motifs is 3. The minimum atomic E-state index is -0.828. The van der Waals surface area contributed by atoms with Crippen LogP contribution in [0.4, 0.5) is 0 Å². The maximum Gasteiger partial charge on any atom is 0.311 e. The number of aliphatic hydroxyl groups excluding tert-OH is 1. The van der Waals surface area contributed by atoms with Gasteiger partial charge in [0.25, 0.3) is 0 Å². The fourth-order valence-corrected chi connectivity index (χ4v) is 5.26. The molecule has 0 amide bonds. The second-order valence-corrected chi connectivity index (χ2v) is 10.8. The van der Waals surface area contributed by atoms with Crippen molar-refractivity contribution in [3.8, 4) is 5.75 Å².